The normalized spacial score (nSPS) is 11.8. The molecule has 0 radical (unpaired) electrons. The van der Waals surface area contributed by atoms with Gasteiger partial charge < -0.3 is 4.74 Å². The lowest BCUT2D eigenvalue weighted by Crippen LogP contribution is -2.22. The largest absolute Gasteiger partial charge is 0.457 e. The van der Waals surface area contributed by atoms with Crippen molar-refractivity contribution >= 4 is 34.6 Å². The van der Waals surface area contributed by atoms with Gasteiger partial charge in [-0.15, -0.1) is 0 Å². The minimum Gasteiger partial charge on any atom is -0.457 e. The maximum absolute atomic E-state index is 11.4. The Morgan fingerprint density at radius 1 is 1.25 bits per heavy atom. The van der Waals surface area contributed by atoms with Crippen LogP contribution in [0.15, 0.2) is 30.3 Å². The quantitative estimate of drug-likeness (QED) is 0.470. The van der Waals surface area contributed by atoms with E-state index in [-0.39, 0.29) is 5.97 Å². The summed E-state index contributed by atoms with van der Waals surface area (Å²) in [6.45, 7) is 5.55. The first-order chi connectivity index (χ1) is 7.37. The lowest BCUT2D eigenvalue weighted by Gasteiger charge is -2.17. The summed E-state index contributed by atoms with van der Waals surface area (Å²) in [6, 6.07) is 7.91. The lowest BCUT2D eigenvalue weighted by atomic mass is 10.2. The van der Waals surface area contributed by atoms with E-state index >= 15 is 0 Å². The molecule has 0 aliphatic rings. The van der Waals surface area contributed by atoms with Crippen molar-refractivity contribution in [1.82, 2.24) is 0 Å². The Morgan fingerprint density at radius 2 is 1.81 bits per heavy atom. The zero-order chi connectivity index (χ0) is 12.2. The van der Waals surface area contributed by atoms with Crippen molar-refractivity contribution < 1.29 is 9.53 Å². The second-order valence-corrected chi connectivity index (χ2v) is 5.66. The lowest BCUT2D eigenvalue weighted by molar-refractivity contribution is -0.148. The van der Waals surface area contributed by atoms with Crippen LogP contribution in [0.5, 0.6) is 0 Å². The number of hydrogen-bond donors (Lipinski definition) is 0. The minimum absolute atomic E-state index is 0.314. The molecule has 0 unspecified atom stereocenters. The van der Waals surface area contributed by atoms with E-state index in [1.165, 1.54) is 9.65 Å². The predicted octanol–water partition coefficient (Wildman–Crippen LogP) is 3.65. The topological polar surface area (TPSA) is 26.3 Å². The molecule has 0 amide bonds. The molecule has 0 bridgehead atoms. The summed E-state index contributed by atoms with van der Waals surface area (Å²) in [5.41, 5.74) is 0.555. The van der Waals surface area contributed by atoms with Crippen molar-refractivity contribution in [2.45, 2.75) is 26.4 Å². The zero-order valence-electron chi connectivity index (χ0n) is 9.66. The van der Waals surface area contributed by atoms with Crippen molar-refractivity contribution in [2.24, 2.45) is 0 Å². The van der Waals surface area contributed by atoms with Crippen molar-refractivity contribution in [3.8, 4) is 0 Å². The highest BCUT2D eigenvalue weighted by Crippen LogP contribution is 2.10. The summed E-state index contributed by atoms with van der Waals surface area (Å²) in [6.07, 6.45) is 3.21. The Morgan fingerprint density at radius 3 is 2.31 bits per heavy atom. The van der Waals surface area contributed by atoms with Crippen LogP contribution in [0, 0.1) is 3.57 Å². The van der Waals surface area contributed by atoms with Gasteiger partial charge in [-0.1, -0.05) is 12.1 Å². The van der Waals surface area contributed by atoms with Crippen LogP contribution in [0.3, 0.4) is 0 Å². The molecule has 0 saturated heterocycles. The molecule has 3 heteroatoms. The third-order valence-electron chi connectivity index (χ3n) is 1.69. The van der Waals surface area contributed by atoms with Gasteiger partial charge in [0.2, 0.25) is 0 Å². The fourth-order valence-corrected chi connectivity index (χ4v) is 1.43. The summed E-state index contributed by atoms with van der Waals surface area (Å²) >= 11 is 2.24. The number of benzene rings is 1. The van der Waals surface area contributed by atoms with Crippen LogP contribution in [-0.2, 0) is 9.53 Å². The van der Waals surface area contributed by atoms with E-state index in [4.69, 9.17) is 4.74 Å². The summed E-state index contributed by atoms with van der Waals surface area (Å²) < 4.78 is 6.33. The number of hydrogen-bond acceptors (Lipinski definition) is 2. The SMILES string of the molecule is CC(C)(C)OC(=O)/C=C/c1ccc(I)cc1. The fraction of sp³-hybridized carbons (Fsp3) is 0.308. The molecule has 1 aromatic carbocycles. The van der Waals surface area contributed by atoms with Crippen molar-refractivity contribution in [3.63, 3.8) is 0 Å². The van der Waals surface area contributed by atoms with Crippen LogP contribution in [-0.4, -0.2) is 11.6 Å². The molecule has 0 heterocycles. The highest BCUT2D eigenvalue weighted by Gasteiger charge is 2.13. The van der Waals surface area contributed by atoms with E-state index in [9.17, 15) is 4.79 Å². The van der Waals surface area contributed by atoms with E-state index in [1.807, 2.05) is 45.0 Å². The van der Waals surface area contributed by atoms with E-state index in [1.54, 1.807) is 6.08 Å². The van der Waals surface area contributed by atoms with Crippen molar-refractivity contribution in [2.75, 3.05) is 0 Å². The molecule has 0 aliphatic heterocycles. The van der Waals surface area contributed by atoms with Crippen molar-refractivity contribution in [3.05, 3.63) is 39.5 Å². The van der Waals surface area contributed by atoms with Gasteiger partial charge in [-0.05, 0) is 67.1 Å². The molecule has 86 valence electrons. The Kier molecular flexibility index (Phi) is 4.53. The molecule has 0 saturated carbocycles. The first kappa shape index (κ1) is 13.2. The average molecular weight is 330 g/mol. The van der Waals surface area contributed by atoms with Crippen LogP contribution in [0.2, 0.25) is 0 Å². The smallest absolute Gasteiger partial charge is 0.331 e. The van der Waals surface area contributed by atoms with E-state index in [0.717, 1.165) is 5.56 Å². The minimum atomic E-state index is -0.437. The van der Waals surface area contributed by atoms with Gasteiger partial charge in [0.05, 0.1) is 0 Å². The molecular weight excluding hydrogens is 315 g/mol. The Labute approximate surface area is 110 Å². The number of esters is 1. The van der Waals surface area contributed by atoms with E-state index < -0.39 is 5.60 Å². The third-order valence-corrected chi connectivity index (χ3v) is 2.41. The zero-order valence-corrected chi connectivity index (χ0v) is 11.8. The van der Waals surface area contributed by atoms with Crippen LogP contribution < -0.4 is 0 Å². The molecule has 0 atom stereocenters. The van der Waals surface area contributed by atoms with Gasteiger partial charge in [0.25, 0.3) is 0 Å². The van der Waals surface area contributed by atoms with Crippen LogP contribution >= 0.6 is 22.6 Å². The Bertz CT molecular complexity index is 385. The highest BCUT2D eigenvalue weighted by molar-refractivity contribution is 14.1. The van der Waals surface area contributed by atoms with Crippen LogP contribution in [0.4, 0.5) is 0 Å². The monoisotopic (exact) mass is 330 g/mol. The summed E-state index contributed by atoms with van der Waals surface area (Å²) in [5, 5.41) is 0. The maximum Gasteiger partial charge on any atom is 0.331 e. The number of ether oxygens (including phenoxy) is 1. The summed E-state index contributed by atoms with van der Waals surface area (Å²) in [7, 11) is 0. The molecule has 0 fully saturated rings. The van der Waals surface area contributed by atoms with Gasteiger partial charge in [0.15, 0.2) is 0 Å². The molecule has 0 aliphatic carbocycles. The van der Waals surface area contributed by atoms with Gasteiger partial charge in [-0.25, -0.2) is 4.79 Å². The molecule has 0 spiro atoms. The molecule has 2 nitrogen and oxygen atoms in total. The van der Waals surface area contributed by atoms with Gasteiger partial charge in [-0.2, -0.15) is 0 Å². The third kappa shape index (κ3) is 5.30. The molecule has 16 heavy (non-hydrogen) atoms. The van der Waals surface area contributed by atoms with Gasteiger partial charge in [0.1, 0.15) is 5.60 Å². The molecule has 1 rings (SSSR count). The Hall–Kier alpha value is -0.840. The van der Waals surface area contributed by atoms with E-state index in [0.29, 0.717) is 0 Å². The Balaban J connectivity index is 2.60. The fourth-order valence-electron chi connectivity index (χ4n) is 1.07. The second kappa shape index (κ2) is 5.48. The number of carbonyl (C=O) groups is 1. The van der Waals surface area contributed by atoms with E-state index in [2.05, 4.69) is 22.6 Å². The first-order valence-corrected chi connectivity index (χ1v) is 6.11. The van der Waals surface area contributed by atoms with Crippen molar-refractivity contribution in [1.29, 1.82) is 0 Å². The molecule has 1 aromatic rings. The first-order valence-electron chi connectivity index (χ1n) is 5.03. The average Bonchev–Trinajstić information content (AvgIpc) is 2.14. The van der Waals surface area contributed by atoms with Crippen LogP contribution in [0.25, 0.3) is 6.08 Å². The van der Waals surface area contributed by atoms with Gasteiger partial charge in [-0.3, -0.25) is 0 Å². The molecule has 0 aromatic heterocycles. The standard InChI is InChI=1S/C13H15IO2/c1-13(2,3)16-12(15)9-6-10-4-7-11(14)8-5-10/h4-9H,1-3H3/b9-6+. The summed E-state index contributed by atoms with van der Waals surface area (Å²) in [4.78, 5) is 11.4. The number of halogens is 1. The summed E-state index contributed by atoms with van der Waals surface area (Å²) in [5.74, 6) is -0.314. The number of rotatable bonds is 2. The van der Waals surface area contributed by atoms with Gasteiger partial charge >= 0.3 is 5.97 Å². The number of carbonyl (C=O) groups excluding carboxylic acids is 1. The maximum atomic E-state index is 11.4. The van der Waals surface area contributed by atoms with Crippen LogP contribution in [0.1, 0.15) is 26.3 Å². The highest BCUT2D eigenvalue weighted by atomic mass is 127. The predicted molar refractivity (Wildman–Crippen MR) is 74.0 cm³/mol. The van der Waals surface area contributed by atoms with Gasteiger partial charge in [0, 0.05) is 9.65 Å². The molecule has 0 N–H and O–H groups in total. The molecular formula is C13H15IO2. The second-order valence-electron chi connectivity index (χ2n) is 4.42.